The second-order valence-corrected chi connectivity index (χ2v) is 4.75. The Bertz CT molecular complexity index is 233. The molecule has 0 aromatic rings. The molecule has 0 aromatic heterocycles. The van der Waals surface area contributed by atoms with E-state index in [0.717, 1.165) is 38.8 Å². The number of nitrogens with zero attached hydrogens (tertiary/aromatic N) is 1. The van der Waals surface area contributed by atoms with E-state index in [1.54, 1.807) is 0 Å². The molecule has 0 aliphatic carbocycles. The van der Waals surface area contributed by atoms with Crippen LogP contribution in [0, 0.1) is 0 Å². The van der Waals surface area contributed by atoms with Gasteiger partial charge < -0.3 is 15.3 Å². The van der Waals surface area contributed by atoms with Crippen molar-refractivity contribution in [2.45, 2.75) is 58.0 Å². The minimum atomic E-state index is -0.00329. The van der Waals surface area contributed by atoms with Crippen molar-refractivity contribution < 1.29 is 9.90 Å². The molecule has 2 atom stereocenters. The van der Waals surface area contributed by atoms with Gasteiger partial charge in [-0.1, -0.05) is 13.8 Å². The summed E-state index contributed by atoms with van der Waals surface area (Å²) in [6.45, 7) is 6.10. The number of hydrogen-bond acceptors (Lipinski definition) is 3. The van der Waals surface area contributed by atoms with Gasteiger partial charge in [-0.05, 0) is 38.6 Å². The van der Waals surface area contributed by atoms with Gasteiger partial charge in [-0.25, -0.2) is 0 Å². The molecule has 0 radical (unpaired) electrons. The molecule has 0 aromatic carbocycles. The highest BCUT2D eigenvalue weighted by molar-refractivity contribution is 5.82. The topological polar surface area (TPSA) is 52.6 Å². The zero-order valence-corrected chi connectivity index (χ0v) is 11.1. The van der Waals surface area contributed by atoms with Gasteiger partial charge in [0.1, 0.15) is 0 Å². The number of carbonyl (C=O) groups is 1. The summed E-state index contributed by atoms with van der Waals surface area (Å²) >= 11 is 0. The van der Waals surface area contributed by atoms with Crippen molar-refractivity contribution in [3.05, 3.63) is 0 Å². The number of aliphatic hydroxyl groups is 1. The average Bonchev–Trinajstić information content (AvgIpc) is 2.35. The van der Waals surface area contributed by atoms with Gasteiger partial charge >= 0.3 is 0 Å². The van der Waals surface area contributed by atoms with Crippen LogP contribution in [0.25, 0.3) is 0 Å². The van der Waals surface area contributed by atoms with Gasteiger partial charge in [0.15, 0.2) is 0 Å². The van der Waals surface area contributed by atoms with Gasteiger partial charge in [0.25, 0.3) is 0 Å². The largest absolute Gasteiger partial charge is 0.396 e. The van der Waals surface area contributed by atoms with Crippen LogP contribution in [0.15, 0.2) is 0 Å². The third-order valence-electron chi connectivity index (χ3n) is 3.49. The monoisotopic (exact) mass is 242 g/mol. The Balaban J connectivity index is 2.56. The molecule has 1 aliphatic rings. The molecule has 4 nitrogen and oxygen atoms in total. The first-order valence-electron chi connectivity index (χ1n) is 6.89. The smallest absolute Gasteiger partial charge is 0.239 e. The van der Waals surface area contributed by atoms with E-state index < -0.39 is 0 Å². The van der Waals surface area contributed by atoms with Crippen LogP contribution in [-0.4, -0.2) is 47.7 Å². The van der Waals surface area contributed by atoms with Crippen molar-refractivity contribution in [2.24, 2.45) is 0 Å². The molecule has 1 fully saturated rings. The van der Waals surface area contributed by atoms with Crippen molar-refractivity contribution >= 4 is 5.91 Å². The molecule has 1 saturated heterocycles. The fraction of sp³-hybridized carbons (Fsp3) is 0.923. The highest BCUT2D eigenvalue weighted by Gasteiger charge is 2.31. The standard InChI is InChI=1S/C13H26N2O2/c1-3-8-14-12-6-5-9-15(13(12)17)11(4-2)7-10-16/h11-12,14,16H,3-10H2,1-2H3. The molecule has 1 rings (SSSR count). The van der Waals surface area contributed by atoms with E-state index in [-0.39, 0.29) is 24.6 Å². The second kappa shape index (κ2) is 7.67. The number of hydrogen-bond donors (Lipinski definition) is 2. The normalized spacial score (nSPS) is 22.9. The van der Waals surface area contributed by atoms with Crippen molar-refractivity contribution in [1.29, 1.82) is 0 Å². The first-order valence-corrected chi connectivity index (χ1v) is 6.89. The minimum Gasteiger partial charge on any atom is -0.396 e. The van der Waals surface area contributed by atoms with Gasteiger partial charge in [0, 0.05) is 19.2 Å². The van der Waals surface area contributed by atoms with Gasteiger partial charge in [-0.15, -0.1) is 0 Å². The highest BCUT2D eigenvalue weighted by Crippen LogP contribution is 2.18. The van der Waals surface area contributed by atoms with E-state index in [9.17, 15) is 4.79 Å². The molecule has 1 heterocycles. The maximum Gasteiger partial charge on any atom is 0.239 e. The molecule has 1 amide bonds. The first-order chi connectivity index (χ1) is 8.24. The van der Waals surface area contributed by atoms with Crippen LogP contribution in [-0.2, 0) is 4.79 Å². The van der Waals surface area contributed by atoms with Gasteiger partial charge in [-0.2, -0.15) is 0 Å². The van der Waals surface area contributed by atoms with Crippen molar-refractivity contribution in [3.8, 4) is 0 Å². The molecule has 0 bridgehead atoms. The van der Waals surface area contributed by atoms with E-state index in [2.05, 4.69) is 19.2 Å². The number of rotatable bonds is 7. The van der Waals surface area contributed by atoms with Crippen LogP contribution in [0.2, 0.25) is 0 Å². The maximum absolute atomic E-state index is 12.3. The summed E-state index contributed by atoms with van der Waals surface area (Å²) < 4.78 is 0. The lowest BCUT2D eigenvalue weighted by Crippen LogP contribution is -2.54. The van der Waals surface area contributed by atoms with Crippen LogP contribution < -0.4 is 5.32 Å². The molecule has 2 unspecified atom stereocenters. The first kappa shape index (κ1) is 14.5. The summed E-state index contributed by atoms with van der Waals surface area (Å²) in [7, 11) is 0. The summed E-state index contributed by atoms with van der Waals surface area (Å²) in [4.78, 5) is 14.3. The minimum absolute atomic E-state index is 0.00329. The van der Waals surface area contributed by atoms with Crippen LogP contribution in [0.4, 0.5) is 0 Å². The van der Waals surface area contributed by atoms with Crippen LogP contribution >= 0.6 is 0 Å². The quantitative estimate of drug-likeness (QED) is 0.704. The Labute approximate surface area is 104 Å². The van der Waals surface area contributed by atoms with Crippen LogP contribution in [0.5, 0.6) is 0 Å². The Hall–Kier alpha value is -0.610. The maximum atomic E-state index is 12.3. The molecule has 0 saturated carbocycles. The number of nitrogens with one attached hydrogen (secondary N) is 1. The lowest BCUT2D eigenvalue weighted by molar-refractivity contribution is -0.139. The Morgan fingerprint density at radius 3 is 2.88 bits per heavy atom. The molecule has 17 heavy (non-hydrogen) atoms. The number of piperidine rings is 1. The van der Waals surface area contributed by atoms with E-state index in [1.165, 1.54) is 0 Å². The third kappa shape index (κ3) is 3.96. The Morgan fingerprint density at radius 2 is 2.29 bits per heavy atom. The van der Waals surface area contributed by atoms with Gasteiger partial charge in [-0.3, -0.25) is 4.79 Å². The molecular formula is C13H26N2O2. The summed E-state index contributed by atoms with van der Waals surface area (Å²) in [5, 5.41) is 12.4. The zero-order valence-electron chi connectivity index (χ0n) is 11.1. The molecular weight excluding hydrogens is 216 g/mol. The lowest BCUT2D eigenvalue weighted by atomic mass is 10.00. The number of aliphatic hydroxyl groups excluding tert-OH is 1. The van der Waals surface area contributed by atoms with Gasteiger partial charge in [0.2, 0.25) is 5.91 Å². The predicted molar refractivity (Wildman–Crippen MR) is 68.8 cm³/mol. The molecule has 100 valence electrons. The summed E-state index contributed by atoms with van der Waals surface area (Å²) in [6.07, 6.45) is 4.69. The average molecular weight is 242 g/mol. The van der Waals surface area contributed by atoms with Crippen LogP contribution in [0.3, 0.4) is 0 Å². The van der Waals surface area contributed by atoms with Crippen molar-refractivity contribution in [1.82, 2.24) is 10.2 Å². The highest BCUT2D eigenvalue weighted by atomic mass is 16.3. The fourth-order valence-corrected chi connectivity index (χ4v) is 2.50. The summed E-state index contributed by atoms with van der Waals surface area (Å²) in [5.41, 5.74) is 0. The number of carbonyl (C=O) groups excluding carboxylic acids is 1. The molecule has 4 heteroatoms. The summed E-state index contributed by atoms with van der Waals surface area (Å²) in [5.74, 6) is 0.227. The van der Waals surface area contributed by atoms with Gasteiger partial charge in [0.05, 0.1) is 6.04 Å². The molecule has 0 spiro atoms. The zero-order chi connectivity index (χ0) is 12.7. The van der Waals surface area contributed by atoms with Crippen LogP contribution in [0.1, 0.15) is 46.0 Å². The van der Waals surface area contributed by atoms with Crippen molar-refractivity contribution in [2.75, 3.05) is 19.7 Å². The lowest BCUT2D eigenvalue weighted by Gasteiger charge is -2.38. The van der Waals surface area contributed by atoms with E-state index >= 15 is 0 Å². The molecule has 2 N–H and O–H groups in total. The van der Waals surface area contributed by atoms with Crippen molar-refractivity contribution in [3.63, 3.8) is 0 Å². The fourth-order valence-electron chi connectivity index (χ4n) is 2.50. The molecule has 1 aliphatic heterocycles. The third-order valence-corrected chi connectivity index (χ3v) is 3.49. The van der Waals surface area contributed by atoms with E-state index in [1.807, 2.05) is 4.90 Å². The second-order valence-electron chi connectivity index (χ2n) is 4.75. The van der Waals surface area contributed by atoms with E-state index in [4.69, 9.17) is 5.11 Å². The van der Waals surface area contributed by atoms with E-state index in [0.29, 0.717) is 6.42 Å². The number of amides is 1. The Morgan fingerprint density at radius 1 is 1.53 bits per heavy atom. The SMILES string of the molecule is CCCNC1CCCN(C(CC)CCO)C1=O. The number of likely N-dealkylation sites (tertiary alicyclic amines) is 1. The summed E-state index contributed by atoms with van der Waals surface area (Å²) in [6, 6.07) is 0.204. The Kier molecular flexibility index (Phi) is 6.52. The predicted octanol–water partition coefficient (Wildman–Crippen LogP) is 1.14.